The number of hydrogen-bond donors (Lipinski definition) is 2. The molecule has 0 spiro atoms. The van der Waals surface area contributed by atoms with Gasteiger partial charge < -0.3 is 10.1 Å². The lowest BCUT2D eigenvalue weighted by Crippen LogP contribution is -2.47. The largest absolute Gasteiger partial charge is 0.459 e. The Balaban J connectivity index is 1.53. The van der Waals surface area contributed by atoms with Crippen molar-refractivity contribution in [3.63, 3.8) is 0 Å². The maximum atomic E-state index is 12.1. The molecule has 1 aromatic rings. The van der Waals surface area contributed by atoms with Crippen LogP contribution in [0, 0.1) is 6.92 Å². The molecule has 1 atom stereocenters. The first-order chi connectivity index (χ1) is 14.1. The average Bonchev–Trinajstić information content (AvgIpc) is 2.63. The van der Waals surface area contributed by atoms with E-state index in [1.165, 1.54) is 11.1 Å². The Bertz CT molecular complexity index is 807. The lowest BCUT2D eigenvalue weighted by atomic mass is 9.86. The Morgan fingerprint density at radius 1 is 1.20 bits per heavy atom. The zero-order valence-corrected chi connectivity index (χ0v) is 18.4. The van der Waals surface area contributed by atoms with Gasteiger partial charge in [-0.3, -0.25) is 24.6 Å². The van der Waals surface area contributed by atoms with Gasteiger partial charge in [0.1, 0.15) is 11.6 Å². The molecule has 2 saturated heterocycles. The van der Waals surface area contributed by atoms with Crippen LogP contribution >= 0.6 is 0 Å². The number of rotatable bonds is 5. The molecule has 2 heterocycles. The summed E-state index contributed by atoms with van der Waals surface area (Å²) in [6.45, 7) is 9.85. The number of benzene rings is 1. The maximum absolute atomic E-state index is 12.1. The van der Waals surface area contributed by atoms with Crippen molar-refractivity contribution in [2.45, 2.75) is 70.9 Å². The summed E-state index contributed by atoms with van der Waals surface area (Å²) in [7, 11) is 0. The molecule has 3 rings (SSSR count). The minimum Gasteiger partial charge on any atom is -0.459 e. The molecule has 0 bridgehead atoms. The normalized spacial score (nSPS) is 21.3. The van der Waals surface area contributed by atoms with Gasteiger partial charge in [0.2, 0.25) is 11.8 Å². The van der Waals surface area contributed by atoms with Crippen molar-refractivity contribution in [3.8, 4) is 0 Å². The monoisotopic (exact) mass is 415 g/mol. The van der Waals surface area contributed by atoms with Gasteiger partial charge >= 0.3 is 5.97 Å². The number of carbonyl (C=O) groups is 3. The molecule has 2 amide bonds. The Kier molecular flexibility index (Phi) is 6.81. The van der Waals surface area contributed by atoms with Gasteiger partial charge in [-0.05, 0) is 89.2 Å². The smallest absolute Gasteiger partial charge is 0.320 e. The first-order valence-electron chi connectivity index (χ1n) is 10.8. The van der Waals surface area contributed by atoms with Crippen LogP contribution in [0.15, 0.2) is 18.2 Å². The van der Waals surface area contributed by atoms with Crippen molar-refractivity contribution in [1.29, 1.82) is 0 Å². The van der Waals surface area contributed by atoms with Gasteiger partial charge in [-0.15, -0.1) is 0 Å². The Morgan fingerprint density at radius 2 is 1.90 bits per heavy atom. The van der Waals surface area contributed by atoms with Crippen LogP contribution in [0.25, 0.3) is 0 Å². The Morgan fingerprint density at radius 3 is 2.50 bits per heavy atom. The van der Waals surface area contributed by atoms with E-state index < -0.39 is 5.60 Å². The fraction of sp³-hybridized carbons (Fsp3) is 0.609. The molecule has 2 aliphatic rings. The zero-order chi connectivity index (χ0) is 21.9. The molecular weight excluding hydrogens is 382 g/mol. The summed E-state index contributed by atoms with van der Waals surface area (Å²) in [6.07, 6.45) is 2.89. The van der Waals surface area contributed by atoms with Crippen molar-refractivity contribution < 1.29 is 19.1 Å². The highest BCUT2D eigenvalue weighted by atomic mass is 16.6. The lowest BCUT2D eigenvalue weighted by molar-refractivity contribution is -0.156. The second-order valence-corrected chi connectivity index (χ2v) is 9.36. The molecule has 0 radical (unpaired) electrons. The predicted molar refractivity (Wildman–Crippen MR) is 115 cm³/mol. The average molecular weight is 416 g/mol. The van der Waals surface area contributed by atoms with E-state index in [1.54, 1.807) is 0 Å². The topological polar surface area (TPSA) is 87.7 Å². The molecule has 30 heavy (non-hydrogen) atoms. The van der Waals surface area contributed by atoms with E-state index in [2.05, 4.69) is 34.6 Å². The number of aryl methyl sites for hydroxylation is 1. The summed E-state index contributed by atoms with van der Waals surface area (Å²) in [5.41, 5.74) is 2.96. The number of imide groups is 1. The number of nitrogens with one attached hydrogen (secondary N) is 2. The Hall–Kier alpha value is -2.41. The van der Waals surface area contributed by atoms with Gasteiger partial charge in [-0.1, -0.05) is 6.07 Å². The number of ether oxygens (including phenoxy) is 1. The van der Waals surface area contributed by atoms with Crippen molar-refractivity contribution in [1.82, 2.24) is 10.2 Å². The van der Waals surface area contributed by atoms with E-state index in [0.717, 1.165) is 31.6 Å². The number of nitrogens with zero attached hydrogens (tertiary/aromatic N) is 1. The van der Waals surface area contributed by atoms with E-state index in [9.17, 15) is 14.4 Å². The van der Waals surface area contributed by atoms with Gasteiger partial charge in [0.15, 0.2) is 0 Å². The van der Waals surface area contributed by atoms with Crippen LogP contribution in [0.4, 0.5) is 5.69 Å². The molecule has 0 saturated carbocycles. The fourth-order valence-electron chi connectivity index (χ4n) is 4.21. The second-order valence-electron chi connectivity index (χ2n) is 9.36. The quantitative estimate of drug-likeness (QED) is 0.568. The summed E-state index contributed by atoms with van der Waals surface area (Å²) >= 11 is 0. The molecule has 0 aliphatic carbocycles. The van der Waals surface area contributed by atoms with E-state index >= 15 is 0 Å². The molecule has 0 aromatic heterocycles. The number of carbonyl (C=O) groups excluding carboxylic acids is 3. The van der Waals surface area contributed by atoms with Crippen LogP contribution < -0.4 is 10.6 Å². The Labute approximate surface area is 178 Å². The van der Waals surface area contributed by atoms with Gasteiger partial charge in [-0.2, -0.15) is 0 Å². The number of anilines is 1. The highest BCUT2D eigenvalue weighted by Crippen LogP contribution is 2.32. The summed E-state index contributed by atoms with van der Waals surface area (Å²) < 4.78 is 5.43. The van der Waals surface area contributed by atoms with Crippen LogP contribution in [0.1, 0.15) is 63.5 Å². The SMILES string of the molecule is Cc1cc(NC2CCC(=O)NC2=O)ccc1C1CCN(CC(=O)OC(C)(C)C)CC1. The molecule has 2 aliphatic heterocycles. The van der Waals surface area contributed by atoms with Gasteiger partial charge in [0.05, 0.1) is 6.54 Å². The molecule has 2 N–H and O–H groups in total. The molecule has 2 fully saturated rings. The molecule has 164 valence electrons. The van der Waals surface area contributed by atoms with Crippen LogP contribution in [-0.4, -0.2) is 54.0 Å². The first-order valence-corrected chi connectivity index (χ1v) is 10.8. The number of hydrogen-bond acceptors (Lipinski definition) is 6. The minimum atomic E-state index is -0.448. The number of amides is 2. The van der Waals surface area contributed by atoms with Crippen LogP contribution in [-0.2, 0) is 19.1 Å². The standard InChI is InChI=1S/C23H33N3O4/c1-15-13-17(24-19-7-8-20(27)25-22(19)29)5-6-18(15)16-9-11-26(12-10-16)14-21(28)30-23(2,3)4/h5-6,13,16,19,24H,7-12,14H2,1-4H3,(H,25,27,29). The number of esters is 1. The van der Waals surface area contributed by atoms with E-state index in [4.69, 9.17) is 4.74 Å². The zero-order valence-electron chi connectivity index (χ0n) is 18.4. The molecular formula is C23H33N3O4. The van der Waals surface area contributed by atoms with Gasteiger partial charge in [0.25, 0.3) is 0 Å². The van der Waals surface area contributed by atoms with Crippen molar-refractivity contribution in [2.24, 2.45) is 0 Å². The number of piperidine rings is 2. The lowest BCUT2D eigenvalue weighted by Gasteiger charge is -2.33. The summed E-state index contributed by atoms with van der Waals surface area (Å²) in [6, 6.07) is 5.85. The van der Waals surface area contributed by atoms with Gasteiger partial charge in [0, 0.05) is 12.1 Å². The molecule has 7 nitrogen and oxygen atoms in total. The van der Waals surface area contributed by atoms with E-state index in [-0.39, 0.29) is 23.8 Å². The maximum Gasteiger partial charge on any atom is 0.320 e. The van der Waals surface area contributed by atoms with E-state index in [0.29, 0.717) is 25.3 Å². The van der Waals surface area contributed by atoms with Crippen molar-refractivity contribution >= 4 is 23.5 Å². The summed E-state index contributed by atoms with van der Waals surface area (Å²) in [4.78, 5) is 37.5. The minimum absolute atomic E-state index is 0.166. The number of likely N-dealkylation sites (tertiary alicyclic amines) is 1. The molecule has 7 heteroatoms. The first kappa shape index (κ1) is 22.3. The van der Waals surface area contributed by atoms with Crippen LogP contribution in [0.3, 0.4) is 0 Å². The third-order valence-corrected chi connectivity index (χ3v) is 5.65. The third kappa shape index (κ3) is 6.05. The predicted octanol–water partition coefficient (Wildman–Crippen LogP) is 2.73. The van der Waals surface area contributed by atoms with Crippen molar-refractivity contribution in [2.75, 3.05) is 25.0 Å². The van der Waals surface area contributed by atoms with Gasteiger partial charge in [-0.25, -0.2) is 0 Å². The third-order valence-electron chi connectivity index (χ3n) is 5.65. The van der Waals surface area contributed by atoms with E-state index in [1.807, 2.05) is 26.8 Å². The highest BCUT2D eigenvalue weighted by molar-refractivity contribution is 6.01. The second kappa shape index (κ2) is 9.16. The summed E-state index contributed by atoms with van der Waals surface area (Å²) in [5, 5.41) is 5.62. The molecule has 1 unspecified atom stereocenters. The van der Waals surface area contributed by atoms with Crippen molar-refractivity contribution in [3.05, 3.63) is 29.3 Å². The fourth-order valence-corrected chi connectivity index (χ4v) is 4.21. The molecule has 1 aromatic carbocycles. The van der Waals surface area contributed by atoms with Crippen LogP contribution in [0.5, 0.6) is 0 Å². The van der Waals surface area contributed by atoms with Crippen LogP contribution in [0.2, 0.25) is 0 Å². The highest BCUT2D eigenvalue weighted by Gasteiger charge is 2.27. The summed E-state index contributed by atoms with van der Waals surface area (Å²) in [5.74, 6) is -0.168.